The Kier molecular flexibility index (Phi) is 8.26. The molecular formula is C37H33N5O3S. The number of aromatic nitrogens is 2. The van der Waals surface area contributed by atoms with Crippen LogP contribution < -0.4 is 4.90 Å². The summed E-state index contributed by atoms with van der Waals surface area (Å²) in [6.45, 7) is 2.30. The molecule has 1 aliphatic heterocycles. The predicted octanol–water partition coefficient (Wildman–Crippen LogP) is 5.84. The van der Waals surface area contributed by atoms with Crippen LogP contribution >= 0.6 is 0 Å². The van der Waals surface area contributed by atoms with Gasteiger partial charge in [0.2, 0.25) is 15.9 Å². The third-order valence-electron chi connectivity index (χ3n) is 8.75. The average Bonchev–Trinajstić information content (AvgIpc) is 3.29. The lowest BCUT2D eigenvalue weighted by Crippen LogP contribution is -2.43. The fourth-order valence-corrected chi connectivity index (χ4v) is 7.26. The van der Waals surface area contributed by atoms with Gasteiger partial charge in [0, 0.05) is 38.9 Å². The van der Waals surface area contributed by atoms with Gasteiger partial charge in [0.15, 0.2) is 0 Å². The minimum atomic E-state index is -3.59. The van der Waals surface area contributed by atoms with E-state index in [0.717, 1.165) is 44.6 Å². The molecule has 3 heterocycles. The maximum atomic E-state index is 15.1. The highest BCUT2D eigenvalue weighted by molar-refractivity contribution is 7.89. The number of sulfonamides is 1. The number of nitrogens with zero attached hydrogens (tertiary/aromatic N) is 5. The van der Waals surface area contributed by atoms with Crippen LogP contribution in [-0.2, 0) is 39.6 Å². The minimum Gasteiger partial charge on any atom is -0.307 e. The molecule has 0 saturated carbocycles. The molecule has 0 bridgehead atoms. The van der Waals surface area contributed by atoms with Crippen LogP contribution in [-0.4, -0.2) is 42.7 Å². The Labute approximate surface area is 269 Å². The number of carbonyl (C=O) groups excluding carboxylic acids is 1. The van der Waals surface area contributed by atoms with E-state index in [0.29, 0.717) is 18.4 Å². The molecule has 230 valence electrons. The molecule has 1 amide bonds. The number of anilines is 1. The number of hydrogen-bond acceptors (Lipinski definition) is 6. The van der Waals surface area contributed by atoms with Crippen LogP contribution in [0.5, 0.6) is 0 Å². The molecule has 0 N–H and O–H groups in total. The fraction of sp³-hybridized carbons (Fsp3) is 0.189. The largest absolute Gasteiger partial charge is 0.307 e. The number of nitriles is 1. The van der Waals surface area contributed by atoms with Gasteiger partial charge in [0.05, 0.1) is 34.2 Å². The second-order valence-electron chi connectivity index (χ2n) is 11.8. The van der Waals surface area contributed by atoms with Crippen LogP contribution in [0.4, 0.5) is 5.69 Å². The third kappa shape index (κ3) is 5.58. The molecule has 3 aromatic carbocycles. The molecule has 1 aliphatic rings. The summed E-state index contributed by atoms with van der Waals surface area (Å²) in [5.74, 6) is -0.0267. The van der Waals surface area contributed by atoms with Gasteiger partial charge in [0.25, 0.3) is 0 Å². The van der Waals surface area contributed by atoms with Gasteiger partial charge >= 0.3 is 0 Å². The van der Waals surface area contributed by atoms with E-state index in [4.69, 9.17) is 0 Å². The van der Waals surface area contributed by atoms with Crippen molar-refractivity contribution in [2.24, 2.45) is 0 Å². The lowest BCUT2D eigenvalue weighted by Gasteiger charge is -2.29. The second kappa shape index (κ2) is 12.3. The molecule has 0 fully saturated rings. The van der Waals surface area contributed by atoms with Crippen molar-refractivity contribution in [2.45, 2.75) is 36.6 Å². The Morgan fingerprint density at radius 3 is 1.87 bits per heavy atom. The van der Waals surface area contributed by atoms with E-state index in [1.54, 1.807) is 61.2 Å². The smallest absolute Gasteiger partial charge is 0.242 e. The molecule has 8 nitrogen and oxygen atoms in total. The van der Waals surface area contributed by atoms with E-state index >= 15 is 4.79 Å². The number of hydrogen-bond donors (Lipinski definition) is 0. The van der Waals surface area contributed by atoms with Crippen molar-refractivity contribution in [1.29, 1.82) is 5.26 Å². The van der Waals surface area contributed by atoms with E-state index in [-0.39, 0.29) is 17.3 Å². The summed E-state index contributed by atoms with van der Waals surface area (Å²) in [5, 5.41) is 9.34. The third-order valence-corrected chi connectivity index (χ3v) is 10.6. The molecule has 0 spiro atoms. The summed E-state index contributed by atoms with van der Waals surface area (Å²) in [5.41, 5.74) is 7.12. The van der Waals surface area contributed by atoms with Crippen LogP contribution in [0.1, 0.15) is 33.4 Å². The lowest BCUT2D eigenvalue weighted by molar-refractivity contribution is -0.123. The summed E-state index contributed by atoms with van der Waals surface area (Å²) in [6.07, 6.45) is 7.92. The Balaban J connectivity index is 1.52. The molecule has 46 heavy (non-hydrogen) atoms. The van der Waals surface area contributed by atoms with Gasteiger partial charge in [-0.25, -0.2) is 12.7 Å². The van der Waals surface area contributed by atoms with Crippen LogP contribution in [0.2, 0.25) is 0 Å². The molecule has 0 atom stereocenters. The first-order valence-electron chi connectivity index (χ1n) is 14.9. The van der Waals surface area contributed by atoms with Crippen molar-refractivity contribution in [2.75, 3.05) is 19.0 Å². The van der Waals surface area contributed by atoms with Gasteiger partial charge in [-0.2, -0.15) is 5.26 Å². The summed E-state index contributed by atoms with van der Waals surface area (Å²) in [6, 6.07) is 28.3. The summed E-state index contributed by atoms with van der Waals surface area (Å²) < 4.78 is 26.6. The number of pyridine rings is 2. The van der Waals surface area contributed by atoms with Crippen molar-refractivity contribution < 1.29 is 13.2 Å². The normalized spacial score (nSPS) is 13.9. The Morgan fingerprint density at radius 2 is 1.35 bits per heavy atom. The highest BCUT2D eigenvalue weighted by Crippen LogP contribution is 2.50. The van der Waals surface area contributed by atoms with Gasteiger partial charge in [-0.15, -0.1) is 0 Å². The Hall–Kier alpha value is -5.17. The van der Waals surface area contributed by atoms with Crippen LogP contribution in [0.3, 0.4) is 0 Å². The van der Waals surface area contributed by atoms with Crippen molar-refractivity contribution in [3.63, 3.8) is 0 Å². The number of amides is 1. The number of carbonyl (C=O) groups is 1. The van der Waals surface area contributed by atoms with Crippen molar-refractivity contribution >= 4 is 21.6 Å². The molecule has 9 heteroatoms. The van der Waals surface area contributed by atoms with Gasteiger partial charge in [-0.05, 0) is 107 Å². The Morgan fingerprint density at radius 1 is 0.783 bits per heavy atom. The quantitative estimate of drug-likeness (QED) is 0.203. The van der Waals surface area contributed by atoms with E-state index in [9.17, 15) is 13.7 Å². The van der Waals surface area contributed by atoms with Gasteiger partial charge in [-0.1, -0.05) is 36.4 Å². The van der Waals surface area contributed by atoms with Crippen LogP contribution in [0.25, 0.3) is 11.1 Å². The average molecular weight is 628 g/mol. The Bertz CT molecular complexity index is 2000. The minimum absolute atomic E-state index is 0.0267. The van der Waals surface area contributed by atoms with Gasteiger partial charge in [-0.3, -0.25) is 14.8 Å². The first-order valence-corrected chi connectivity index (χ1v) is 16.3. The molecule has 0 aliphatic carbocycles. The first-order chi connectivity index (χ1) is 22.1. The summed E-state index contributed by atoms with van der Waals surface area (Å²) >= 11 is 0. The van der Waals surface area contributed by atoms with E-state index < -0.39 is 15.4 Å². The summed E-state index contributed by atoms with van der Waals surface area (Å²) in [4.78, 5) is 25.5. The molecule has 5 aromatic rings. The predicted molar refractivity (Wildman–Crippen MR) is 177 cm³/mol. The van der Waals surface area contributed by atoms with Gasteiger partial charge in [0.1, 0.15) is 0 Å². The highest BCUT2D eigenvalue weighted by Gasteiger charge is 2.51. The second-order valence-corrected chi connectivity index (χ2v) is 13.9. The number of rotatable bonds is 9. The SMILES string of the molecule is Cc1c(-c2ccc(C#N)cc2)ccc2c1N(Cc1ccc(S(=O)(=O)N(C)C)cc1)C(=O)C2(Cc1ccncc1)Cc1ccncc1. The monoisotopic (exact) mass is 627 g/mol. The maximum absolute atomic E-state index is 15.1. The van der Waals surface area contributed by atoms with E-state index in [1.807, 2.05) is 48.2 Å². The zero-order chi connectivity index (χ0) is 32.5. The van der Waals surface area contributed by atoms with Crippen molar-refractivity contribution in [3.8, 4) is 17.2 Å². The molecule has 0 saturated heterocycles. The van der Waals surface area contributed by atoms with Crippen LogP contribution in [0.15, 0.2) is 115 Å². The standard InChI is InChI=1S/C37H33N5O3S/c1-26-33(31-8-4-29(24-38)5-9-31)12-13-34-35(26)42(25-30-6-10-32(11-7-30)46(44,45)41(2)3)36(43)37(34,22-27-14-18-39-19-15-27)23-28-16-20-40-21-17-28/h4-21H,22-23,25H2,1-3H3. The summed E-state index contributed by atoms with van der Waals surface area (Å²) in [7, 11) is -0.589. The maximum Gasteiger partial charge on any atom is 0.242 e. The molecule has 2 aromatic heterocycles. The zero-order valence-electron chi connectivity index (χ0n) is 25.9. The molecule has 0 radical (unpaired) electrons. The molecule has 6 rings (SSSR count). The topological polar surface area (TPSA) is 107 Å². The lowest BCUT2D eigenvalue weighted by atomic mass is 9.71. The van der Waals surface area contributed by atoms with Crippen molar-refractivity contribution in [3.05, 3.63) is 143 Å². The van der Waals surface area contributed by atoms with Crippen molar-refractivity contribution in [1.82, 2.24) is 14.3 Å². The fourth-order valence-electron chi connectivity index (χ4n) is 6.36. The van der Waals surface area contributed by atoms with E-state index in [1.165, 1.54) is 18.4 Å². The molecular weight excluding hydrogens is 595 g/mol. The first kappa shape index (κ1) is 30.8. The highest BCUT2D eigenvalue weighted by atomic mass is 32.2. The van der Waals surface area contributed by atoms with Gasteiger partial charge < -0.3 is 4.90 Å². The van der Waals surface area contributed by atoms with E-state index in [2.05, 4.69) is 28.2 Å². The number of fused-ring (bicyclic) bond motifs is 1. The number of benzene rings is 3. The van der Waals surface area contributed by atoms with Crippen LogP contribution in [0, 0.1) is 18.3 Å². The zero-order valence-corrected chi connectivity index (χ0v) is 26.7. The molecule has 0 unspecified atom stereocenters.